The van der Waals surface area contributed by atoms with E-state index in [1.807, 2.05) is 18.2 Å². The van der Waals surface area contributed by atoms with Crippen molar-refractivity contribution in [3.8, 4) is 0 Å². The van der Waals surface area contributed by atoms with Crippen molar-refractivity contribution in [2.24, 2.45) is 11.8 Å². The standard InChI is InChI=1S/C13H18N2O/c16-13(7-12-3-1-2-4-15-12)5-10-8-14-9-11(10)6-13/h1-4,10-11,14,16H,5-9H2/t10-,11+,13-. The van der Waals surface area contributed by atoms with Gasteiger partial charge in [-0.15, -0.1) is 0 Å². The van der Waals surface area contributed by atoms with Crippen LogP contribution in [0.15, 0.2) is 24.4 Å². The van der Waals surface area contributed by atoms with Gasteiger partial charge in [-0.25, -0.2) is 0 Å². The molecule has 1 aliphatic carbocycles. The number of hydrogen-bond donors (Lipinski definition) is 2. The molecule has 0 aromatic carbocycles. The average Bonchev–Trinajstić information content (AvgIpc) is 2.77. The second kappa shape index (κ2) is 3.82. The number of hydrogen-bond acceptors (Lipinski definition) is 3. The molecule has 2 N–H and O–H groups in total. The average molecular weight is 218 g/mol. The van der Waals surface area contributed by atoms with Crippen molar-refractivity contribution in [3.05, 3.63) is 30.1 Å². The number of fused-ring (bicyclic) bond motifs is 1. The largest absolute Gasteiger partial charge is 0.389 e. The molecule has 1 aliphatic heterocycles. The van der Waals surface area contributed by atoms with Gasteiger partial charge in [0.2, 0.25) is 0 Å². The van der Waals surface area contributed by atoms with Crippen LogP contribution < -0.4 is 5.32 Å². The first-order valence-corrected chi connectivity index (χ1v) is 6.08. The lowest BCUT2D eigenvalue weighted by Gasteiger charge is -2.23. The summed E-state index contributed by atoms with van der Waals surface area (Å²) in [5, 5.41) is 14.0. The molecule has 0 radical (unpaired) electrons. The first-order chi connectivity index (χ1) is 7.75. The van der Waals surface area contributed by atoms with Crippen molar-refractivity contribution in [1.29, 1.82) is 0 Å². The van der Waals surface area contributed by atoms with E-state index in [-0.39, 0.29) is 0 Å². The Hall–Kier alpha value is -0.930. The van der Waals surface area contributed by atoms with E-state index in [1.54, 1.807) is 6.20 Å². The molecule has 2 heterocycles. The van der Waals surface area contributed by atoms with Crippen LogP contribution in [0.4, 0.5) is 0 Å². The third kappa shape index (κ3) is 1.85. The van der Waals surface area contributed by atoms with E-state index in [2.05, 4.69) is 10.3 Å². The van der Waals surface area contributed by atoms with Crippen LogP contribution in [0.25, 0.3) is 0 Å². The molecule has 1 aromatic rings. The highest BCUT2D eigenvalue weighted by Gasteiger charge is 2.45. The fourth-order valence-corrected chi connectivity index (χ4v) is 3.31. The van der Waals surface area contributed by atoms with Gasteiger partial charge in [-0.3, -0.25) is 4.98 Å². The predicted molar refractivity (Wildman–Crippen MR) is 62.0 cm³/mol. The lowest BCUT2D eigenvalue weighted by molar-refractivity contribution is 0.0389. The zero-order valence-corrected chi connectivity index (χ0v) is 9.39. The molecule has 1 aromatic heterocycles. The van der Waals surface area contributed by atoms with E-state index < -0.39 is 5.60 Å². The zero-order chi connectivity index (χ0) is 11.0. The van der Waals surface area contributed by atoms with Crippen molar-refractivity contribution < 1.29 is 5.11 Å². The summed E-state index contributed by atoms with van der Waals surface area (Å²) < 4.78 is 0. The molecule has 3 nitrogen and oxygen atoms in total. The number of aromatic nitrogens is 1. The van der Waals surface area contributed by atoms with E-state index in [0.717, 1.165) is 31.6 Å². The van der Waals surface area contributed by atoms with Crippen LogP contribution in [0.3, 0.4) is 0 Å². The minimum absolute atomic E-state index is 0.508. The van der Waals surface area contributed by atoms with Crippen molar-refractivity contribution in [3.63, 3.8) is 0 Å². The predicted octanol–water partition coefficient (Wildman–Crippen LogP) is 0.985. The molecule has 1 saturated carbocycles. The molecule has 3 atom stereocenters. The number of rotatable bonds is 2. The second-order valence-corrected chi connectivity index (χ2v) is 5.31. The van der Waals surface area contributed by atoms with Crippen LogP contribution in [-0.2, 0) is 6.42 Å². The fourth-order valence-electron chi connectivity index (χ4n) is 3.31. The first-order valence-electron chi connectivity index (χ1n) is 6.08. The molecule has 2 aliphatic rings. The van der Waals surface area contributed by atoms with E-state index in [9.17, 15) is 5.11 Å². The van der Waals surface area contributed by atoms with Gasteiger partial charge in [-0.2, -0.15) is 0 Å². The number of aliphatic hydroxyl groups is 1. The van der Waals surface area contributed by atoms with Gasteiger partial charge in [0.1, 0.15) is 0 Å². The molecular formula is C13H18N2O. The summed E-state index contributed by atoms with van der Waals surface area (Å²) in [7, 11) is 0. The maximum atomic E-state index is 10.6. The van der Waals surface area contributed by atoms with Gasteiger partial charge >= 0.3 is 0 Å². The Kier molecular flexibility index (Phi) is 2.45. The van der Waals surface area contributed by atoms with Gasteiger partial charge in [0.15, 0.2) is 0 Å². The van der Waals surface area contributed by atoms with Gasteiger partial charge in [-0.1, -0.05) is 6.07 Å². The molecular weight excluding hydrogens is 200 g/mol. The molecule has 3 rings (SSSR count). The Morgan fingerprint density at radius 1 is 1.31 bits per heavy atom. The molecule has 86 valence electrons. The molecule has 1 saturated heterocycles. The van der Waals surface area contributed by atoms with Gasteiger partial charge in [0.25, 0.3) is 0 Å². The van der Waals surface area contributed by atoms with Gasteiger partial charge < -0.3 is 10.4 Å². The Morgan fingerprint density at radius 2 is 2.06 bits per heavy atom. The van der Waals surface area contributed by atoms with Crippen molar-refractivity contribution >= 4 is 0 Å². The number of nitrogens with zero attached hydrogens (tertiary/aromatic N) is 1. The minimum atomic E-state index is -0.508. The van der Waals surface area contributed by atoms with E-state index in [4.69, 9.17) is 0 Å². The normalized spacial score (nSPS) is 37.6. The van der Waals surface area contributed by atoms with Crippen LogP contribution >= 0.6 is 0 Å². The maximum Gasteiger partial charge on any atom is 0.0709 e. The summed E-state index contributed by atoms with van der Waals surface area (Å²) >= 11 is 0. The lowest BCUT2D eigenvalue weighted by Crippen LogP contribution is -2.31. The summed E-state index contributed by atoms with van der Waals surface area (Å²) in [4.78, 5) is 4.31. The van der Waals surface area contributed by atoms with Crippen LogP contribution in [0, 0.1) is 11.8 Å². The highest BCUT2D eigenvalue weighted by atomic mass is 16.3. The second-order valence-electron chi connectivity index (χ2n) is 5.31. The highest BCUT2D eigenvalue weighted by molar-refractivity contribution is 5.10. The molecule has 3 heteroatoms. The van der Waals surface area contributed by atoms with Crippen molar-refractivity contribution in [2.45, 2.75) is 24.9 Å². The summed E-state index contributed by atoms with van der Waals surface area (Å²) in [5.74, 6) is 1.35. The molecule has 0 bridgehead atoms. The summed E-state index contributed by atoms with van der Waals surface area (Å²) in [5.41, 5.74) is 0.504. The Bertz CT molecular complexity index is 353. The Morgan fingerprint density at radius 3 is 2.69 bits per heavy atom. The summed E-state index contributed by atoms with van der Waals surface area (Å²) in [6.07, 6.45) is 4.37. The molecule has 0 amide bonds. The van der Waals surface area contributed by atoms with E-state index >= 15 is 0 Å². The van der Waals surface area contributed by atoms with Crippen molar-refractivity contribution in [2.75, 3.05) is 13.1 Å². The SMILES string of the molecule is O[C@@]1(Cc2ccccn2)C[C@H]2CNC[C@H]2C1. The quantitative estimate of drug-likeness (QED) is 0.778. The monoisotopic (exact) mass is 218 g/mol. The zero-order valence-electron chi connectivity index (χ0n) is 9.39. The molecule has 16 heavy (non-hydrogen) atoms. The fraction of sp³-hybridized carbons (Fsp3) is 0.615. The van der Waals surface area contributed by atoms with Gasteiger partial charge in [0.05, 0.1) is 5.60 Å². The molecule has 2 fully saturated rings. The highest BCUT2D eigenvalue weighted by Crippen LogP contribution is 2.42. The molecule has 0 unspecified atom stereocenters. The number of pyridine rings is 1. The van der Waals surface area contributed by atoms with Gasteiger partial charge in [0, 0.05) is 18.3 Å². The van der Waals surface area contributed by atoms with Crippen LogP contribution in [0.2, 0.25) is 0 Å². The van der Waals surface area contributed by atoms with Crippen LogP contribution in [0.1, 0.15) is 18.5 Å². The first kappa shape index (κ1) is 10.2. The topological polar surface area (TPSA) is 45.2 Å². The summed E-state index contributed by atoms with van der Waals surface area (Å²) in [6.45, 7) is 2.16. The lowest BCUT2D eigenvalue weighted by atomic mass is 9.94. The Balaban J connectivity index is 1.71. The third-order valence-corrected chi connectivity index (χ3v) is 4.00. The summed E-state index contributed by atoms with van der Waals surface area (Å²) in [6, 6.07) is 5.91. The van der Waals surface area contributed by atoms with Crippen molar-refractivity contribution in [1.82, 2.24) is 10.3 Å². The van der Waals surface area contributed by atoms with Gasteiger partial charge in [-0.05, 0) is 49.9 Å². The Labute approximate surface area is 95.9 Å². The minimum Gasteiger partial charge on any atom is -0.389 e. The smallest absolute Gasteiger partial charge is 0.0709 e. The third-order valence-electron chi connectivity index (χ3n) is 4.00. The molecule has 0 spiro atoms. The van der Waals surface area contributed by atoms with E-state index in [1.165, 1.54) is 0 Å². The van der Waals surface area contributed by atoms with Crippen LogP contribution in [-0.4, -0.2) is 28.8 Å². The number of nitrogens with one attached hydrogen (secondary N) is 1. The van der Waals surface area contributed by atoms with E-state index in [0.29, 0.717) is 18.3 Å². The van der Waals surface area contributed by atoms with Crippen LogP contribution in [0.5, 0.6) is 0 Å². The maximum absolute atomic E-state index is 10.6.